The van der Waals surface area contributed by atoms with Crippen molar-refractivity contribution < 1.29 is 14.6 Å². The Kier molecular flexibility index (Phi) is 11.5. The van der Waals surface area contributed by atoms with Crippen molar-refractivity contribution in [1.29, 1.82) is 0 Å². The van der Waals surface area contributed by atoms with E-state index < -0.39 is 5.60 Å². The molecule has 2 fully saturated rings. The predicted octanol–water partition coefficient (Wildman–Crippen LogP) is 0.354. The van der Waals surface area contributed by atoms with E-state index in [9.17, 15) is 5.11 Å². The summed E-state index contributed by atoms with van der Waals surface area (Å²) in [7, 11) is 0. The summed E-state index contributed by atoms with van der Waals surface area (Å²) in [6.45, 7) is 17.6. The van der Waals surface area contributed by atoms with Crippen LogP contribution in [0, 0.1) is 0 Å². The Labute approximate surface area is 187 Å². The van der Waals surface area contributed by atoms with Gasteiger partial charge in [0.2, 0.25) is 0 Å². The standard InChI is InChI=1S/C19H39N5O3.HI/c1-5-20-17(21-14-18(2,3)24-8-12-27-13-9-24)22-15-19(4,25)16-23-6-10-26-11-7-23;/h25H,5-16H2,1-4H3,(H2,20,21,22);1H. The number of aliphatic hydroxyl groups is 1. The van der Waals surface area contributed by atoms with Gasteiger partial charge >= 0.3 is 0 Å². The molecule has 28 heavy (non-hydrogen) atoms. The van der Waals surface area contributed by atoms with E-state index in [1.54, 1.807) is 0 Å². The van der Waals surface area contributed by atoms with Gasteiger partial charge in [0.15, 0.2) is 5.96 Å². The first kappa shape index (κ1) is 25.8. The highest BCUT2D eigenvalue weighted by molar-refractivity contribution is 14.0. The number of rotatable bonds is 8. The first-order valence-corrected chi connectivity index (χ1v) is 10.2. The smallest absolute Gasteiger partial charge is 0.191 e. The van der Waals surface area contributed by atoms with Gasteiger partial charge in [-0.05, 0) is 27.7 Å². The molecule has 0 aromatic carbocycles. The number of nitrogens with zero attached hydrogens (tertiary/aromatic N) is 3. The Morgan fingerprint density at radius 2 is 1.57 bits per heavy atom. The van der Waals surface area contributed by atoms with Crippen LogP contribution in [0.4, 0.5) is 0 Å². The van der Waals surface area contributed by atoms with Crippen molar-refractivity contribution >= 4 is 29.9 Å². The first-order chi connectivity index (χ1) is 12.8. The number of ether oxygens (including phenoxy) is 2. The number of β-amino-alcohol motifs (C(OH)–C–C–N with tert-alkyl or cyclic N) is 1. The van der Waals surface area contributed by atoms with Crippen molar-refractivity contribution in [2.45, 2.75) is 38.8 Å². The maximum absolute atomic E-state index is 10.8. The van der Waals surface area contributed by atoms with E-state index in [-0.39, 0.29) is 29.5 Å². The molecule has 9 heteroatoms. The molecule has 2 aliphatic heterocycles. The van der Waals surface area contributed by atoms with E-state index >= 15 is 0 Å². The Morgan fingerprint density at radius 1 is 1.00 bits per heavy atom. The third kappa shape index (κ3) is 9.08. The molecular weight excluding hydrogens is 473 g/mol. The molecule has 2 aliphatic rings. The van der Waals surface area contributed by atoms with Crippen LogP contribution >= 0.6 is 24.0 Å². The lowest BCUT2D eigenvalue weighted by Gasteiger charge is -2.40. The van der Waals surface area contributed by atoms with Crippen molar-refractivity contribution in [1.82, 2.24) is 20.4 Å². The van der Waals surface area contributed by atoms with Gasteiger partial charge < -0.3 is 25.2 Å². The maximum atomic E-state index is 10.8. The van der Waals surface area contributed by atoms with E-state index in [2.05, 4.69) is 41.2 Å². The molecule has 166 valence electrons. The number of hydrogen-bond donors (Lipinski definition) is 3. The normalized spacial score (nSPS) is 22.2. The summed E-state index contributed by atoms with van der Waals surface area (Å²) in [6.07, 6.45) is 0. The summed E-state index contributed by atoms with van der Waals surface area (Å²) in [5.74, 6) is 0.751. The summed E-state index contributed by atoms with van der Waals surface area (Å²) in [4.78, 5) is 9.45. The molecule has 0 spiro atoms. The number of morpholine rings is 2. The zero-order valence-corrected chi connectivity index (χ0v) is 20.3. The molecule has 2 saturated heterocycles. The average molecular weight is 513 g/mol. The molecule has 3 N–H and O–H groups in total. The van der Waals surface area contributed by atoms with Crippen LogP contribution in [-0.2, 0) is 9.47 Å². The van der Waals surface area contributed by atoms with Crippen LogP contribution < -0.4 is 10.6 Å². The van der Waals surface area contributed by atoms with Crippen LogP contribution in [0.15, 0.2) is 4.99 Å². The highest BCUT2D eigenvalue weighted by Gasteiger charge is 2.29. The average Bonchev–Trinajstić information content (AvgIpc) is 2.65. The predicted molar refractivity (Wildman–Crippen MR) is 124 cm³/mol. The fourth-order valence-corrected chi connectivity index (χ4v) is 3.45. The number of nitrogens with one attached hydrogen (secondary N) is 2. The van der Waals surface area contributed by atoms with Gasteiger partial charge in [-0.2, -0.15) is 0 Å². The van der Waals surface area contributed by atoms with Crippen LogP contribution in [-0.4, -0.2) is 111 Å². The second kappa shape index (κ2) is 12.5. The summed E-state index contributed by atoms with van der Waals surface area (Å²) < 4.78 is 10.8. The summed E-state index contributed by atoms with van der Waals surface area (Å²) in [5.41, 5.74) is -0.851. The highest BCUT2D eigenvalue weighted by atomic mass is 127. The molecule has 0 radical (unpaired) electrons. The third-order valence-electron chi connectivity index (χ3n) is 5.14. The Bertz CT molecular complexity index is 464. The monoisotopic (exact) mass is 513 g/mol. The van der Waals surface area contributed by atoms with Crippen LogP contribution in [0.25, 0.3) is 0 Å². The van der Waals surface area contributed by atoms with E-state index in [1.165, 1.54) is 0 Å². The minimum Gasteiger partial charge on any atom is -0.387 e. The summed E-state index contributed by atoms with van der Waals surface area (Å²) >= 11 is 0. The zero-order valence-electron chi connectivity index (χ0n) is 18.0. The lowest BCUT2D eigenvalue weighted by molar-refractivity contribution is -0.0201. The van der Waals surface area contributed by atoms with Crippen molar-refractivity contribution in [3.63, 3.8) is 0 Å². The molecule has 8 nitrogen and oxygen atoms in total. The first-order valence-electron chi connectivity index (χ1n) is 10.2. The fraction of sp³-hybridized carbons (Fsp3) is 0.947. The number of aliphatic imine (C=N–C) groups is 1. The second-order valence-corrected chi connectivity index (χ2v) is 8.35. The SMILES string of the molecule is CCNC(=NCC(C)(C)N1CCOCC1)NCC(C)(O)CN1CCOCC1.I. The van der Waals surface area contributed by atoms with Crippen LogP contribution in [0.3, 0.4) is 0 Å². The number of halogens is 1. The zero-order chi connectivity index (χ0) is 19.8. The Hall–Kier alpha value is -0.200. The molecule has 0 bridgehead atoms. The maximum Gasteiger partial charge on any atom is 0.191 e. The number of hydrogen-bond acceptors (Lipinski definition) is 6. The molecular formula is C19H40IN5O3. The third-order valence-corrected chi connectivity index (χ3v) is 5.14. The van der Waals surface area contributed by atoms with Crippen molar-refractivity contribution in [3.05, 3.63) is 0 Å². The second-order valence-electron chi connectivity index (χ2n) is 8.35. The van der Waals surface area contributed by atoms with Gasteiger partial charge in [0, 0.05) is 51.4 Å². The van der Waals surface area contributed by atoms with E-state index in [1.807, 2.05) is 6.92 Å². The van der Waals surface area contributed by atoms with Gasteiger partial charge in [-0.3, -0.25) is 14.8 Å². The van der Waals surface area contributed by atoms with Crippen molar-refractivity contribution in [3.8, 4) is 0 Å². The van der Waals surface area contributed by atoms with Gasteiger partial charge in [0.1, 0.15) is 0 Å². The quantitative estimate of drug-likeness (QED) is 0.246. The van der Waals surface area contributed by atoms with E-state index in [4.69, 9.17) is 14.5 Å². The molecule has 2 heterocycles. The summed E-state index contributed by atoms with van der Waals surface area (Å²) in [5, 5.41) is 17.4. The fourth-order valence-electron chi connectivity index (χ4n) is 3.45. The van der Waals surface area contributed by atoms with Crippen molar-refractivity contribution in [2.24, 2.45) is 4.99 Å². The molecule has 1 atom stereocenters. The minimum atomic E-state index is -0.826. The van der Waals surface area contributed by atoms with Gasteiger partial charge in [-0.25, -0.2) is 0 Å². The molecule has 0 aromatic heterocycles. The molecule has 0 aliphatic carbocycles. The minimum absolute atomic E-state index is 0. The van der Waals surface area contributed by atoms with Gasteiger partial charge in [0.25, 0.3) is 0 Å². The molecule has 1 unspecified atom stereocenters. The van der Waals surface area contributed by atoms with E-state index in [0.717, 1.165) is 65.1 Å². The lowest BCUT2D eigenvalue weighted by atomic mass is 10.0. The van der Waals surface area contributed by atoms with E-state index in [0.29, 0.717) is 19.6 Å². The van der Waals surface area contributed by atoms with Crippen molar-refractivity contribution in [2.75, 3.05) is 78.8 Å². The van der Waals surface area contributed by atoms with Gasteiger partial charge in [0.05, 0.1) is 38.6 Å². The number of guanidine groups is 1. The van der Waals surface area contributed by atoms with Crippen LogP contribution in [0.1, 0.15) is 27.7 Å². The van der Waals surface area contributed by atoms with Crippen LogP contribution in [0.2, 0.25) is 0 Å². The van der Waals surface area contributed by atoms with Gasteiger partial charge in [-0.15, -0.1) is 24.0 Å². The Morgan fingerprint density at radius 3 is 2.14 bits per heavy atom. The topological polar surface area (TPSA) is 81.6 Å². The highest BCUT2D eigenvalue weighted by Crippen LogP contribution is 2.16. The molecule has 2 rings (SSSR count). The summed E-state index contributed by atoms with van der Waals surface area (Å²) in [6, 6.07) is 0. The largest absolute Gasteiger partial charge is 0.387 e. The van der Waals surface area contributed by atoms with Crippen LogP contribution in [0.5, 0.6) is 0 Å². The molecule has 0 aromatic rings. The molecule has 0 amide bonds. The Balaban J connectivity index is 0.00000392. The molecule has 0 saturated carbocycles. The van der Waals surface area contributed by atoms with Gasteiger partial charge in [-0.1, -0.05) is 0 Å². The lowest BCUT2D eigenvalue weighted by Crippen LogP contribution is -2.54.